The monoisotopic (exact) mass is 274 g/mol. The second kappa shape index (κ2) is 8.00. The van der Waals surface area contributed by atoms with Crippen molar-refractivity contribution in [3.63, 3.8) is 0 Å². The lowest BCUT2D eigenvalue weighted by atomic mass is 9.88. The standard InChI is InChI=1S/C14H26N2O.ClH/c1-2-10-16(13-8-9-15-11-13)14(17)12-6-4-3-5-7-12;/h12-13,15H,2-11H2,1H3;1H. The molecular formula is C14H27ClN2O. The maximum absolute atomic E-state index is 12.6. The number of amides is 1. The zero-order valence-corrected chi connectivity index (χ0v) is 12.3. The van der Waals surface area contributed by atoms with Crippen LogP contribution < -0.4 is 5.32 Å². The van der Waals surface area contributed by atoms with Gasteiger partial charge in [-0.1, -0.05) is 26.2 Å². The fourth-order valence-corrected chi connectivity index (χ4v) is 3.20. The largest absolute Gasteiger partial charge is 0.338 e. The minimum Gasteiger partial charge on any atom is -0.338 e. The molecule has 0 spiro atoms. The van der Waals surface area contributed by atoms with Crippen molar-refractivity contribution in [3.05, 3.63) is 0 Å². The number of nitrogens with one attached hydrogen (secondary N) is 1. The Morgan fingerprint density at radius 1 is 1.22 bits per heavy atom. The van der Waals surface area contributed by atoms with E-state index in [4.69, 9.17) is 0 Å². The Kier molecular flexibility index (Phi) is 7.02. The third-order valence-corrected chi connectivity index (χ3v) is 4.18. The Labute approximate surface area is 117 Å². The Bertz CT molecular complexity index is 248. The molecule has 0 radical (unpaired) electrons. The van der Waals surface area contributed by atoms with Crippen LogP contribution in [0.3, 0.4) is 0 Å². The molecule has 2 aliphatic rings. The number of hydrogen-bond donors (Lipinski definition) is 1. The summed E-state index contributed by atoms with van der Waals surface area (Å²) < 4.78 is 0. The van der Waals surface area contributed by atoms with E-state index in [2.05, 4.69) is 17.1 Å². The molecule has 1 N–H and O–H groups in total. The minimum atomic E-state index is 0. The summed E-state index contributed by atoms with van der Waals surface area (Å²) in [6, 6.07) is 0.462. The molecule has 0 aromatic rings. The molecule has 1 aliphatic carbocycles. The van der Waals surface area contributed by atoms with E-state index in [1.807, 2.05) is 0 Å². The van der Waals surface area contributed by atoms with Gasteiger partial charge >= 0.3 is 0 Å². The predicted octanol–water partition coefficient (Wildman–Crippen LogP) is 2.59. The SMILES string of the molecule is CCCN(C(=O)C1CCCCC1)C1CCNC1.Cl. The lowest BCUT2D eigenvalue weighted by molar-refractivity contribution is -0.138. The van der Waals surface area contributed by atoms with Crippen LogP contribution in [0.5, 0.6) is 0 Å². The molecule has 1 heterocycles. The smallest absolute Gasteiger partial charge is 0.225 e. The molecule has 2 fully saturated rings. The molecule has 0 aromatic heterocycles. The lowest BCUT2D eigenvalue weighted by Crippen LogP contribution is -2.45. The summed E-state index contributed by atoms with van der Waals surface area (Å²) in [5.41, 5.74) is 0. The van der Waals surface area contributed by atoms with Crippen LogP contribution in [-0.4, -0.2) is 36.5 Å². The Balaban J connectivity index is 0.00000162. The molecule has 1 unspecified atom stereocenters. The van der Waals surface area contributed by atoms with Gasteiger partial charge in [0, 0.05) is 25.0 Å². The third kappa shape index (κ3) is 3.86. The summed E-state index contributed by atoms with van der Waals surface area (Å²) in [7, 11) is 0. The molecule has 3 nitrogen and oxygen atoms in total. The van der Waals surface area contributed by atoms with Crippen LogP contribution in [0.2, 0.25) is 0 Å². The van der Waals surface area contributed by atoms with Crippen molar-refractivity contribution in [1.82, 2.24) is 10.2 Å². The molecule has 2 rings (SSSR count). The zero-order chi connectivity index (χ0) is 12.1. The highest BCUT2D eigenvalue weighted by Gasteiger charge is 2.31. The van der Waals surface area contributed by atoms with Crippen LogP contribution in [0.1, 0.15) is 51.9 Å². The van der Waals surface area contributed by atoms with Gasteiger partial charge in [-0.25, -0.2) is 0 Å². The normalized spacial score (nSPS) is 24.6. The van der Waals surface area contributed by atoms with E-state index in [0.717, 1.165) is 45.3 Å². The van der Waals surface area contributed by atoms with E-state index in [1.165, 1.54) is 19.3 Å². The third-order valence-electron chi connectivity index (χ3n) is 4.18. The number of halogens is 1. The molecule has 1 saturated carbocycles. The van der Waals surface area contributed by atoms with E-state index in [0.29, 0.717) is 17.9 Å². The molecular weight excluding hydrogens is 248 g/mol. The quantitative estimate of drug-likeness (QED) is 0.855. The Morgan fingerprint density at radius 3 is 2.50 bits per heavy atom. The average Bonchev–Trinajstić information content (AvgIpc) is 2.90. The summed E-state index contributed by atoms with van der Waals surface area (Å²) in [5.74, 6) is 0.774. The number of carbonyl (C=O) groups is 1. The maximum Gasteiger partial charge on any atom is 0.225 e. The van der Waals surface area contributed by atoms with Crippen molar-refractivity contribution in [2.24, 2.45) is 5.92 Å². The molecule has 18 heavy (non-hydrogen) atoms. The fourth-order valence-electron chi connectivity index (χ4n) is 3.20. The van der Waals surface area contributed by atoms with Crippen molar-refractivity contribution in [2.75, 3.05) is 19.6 Å². The van der Waals surface area contributed by atoms with Gasteiger partial charge in [-0.2, -0.15) is 0 Å². The van der Waals surface area contributed by atoms with Gasteiger partial charge in [-0.15, -0.1) is 12.4 Å². The molecule has 0 bridgehead atoms. The molecule has 1 atom stereocenters. The van der Waals surface area contributed by atoms with Crippen molar-refractivity contribution in [1.29, 1.82) is 0 Å². The summed E-state index contributed by atoms with van der Waals surface area (Å²) in [5, 5.41) is 3.38. The second-order valence-corrected chi connectivity index (χ2v) is 5.51. The van der Waals surface area contributed by atoms with Gasteiger partial charge in [0.05, 0.1) is 0 Å². The van der Waals surface area contributed by atoms with Gasteiger partial charge in [-0.05, 0) is 32.2 Å². The van der Waals surface area contributed by atoms with E-state index in [1.54, 1.807) is 0 Å². The topological polar surface area (TPSA) is 32.3 Å². The van der Waals surface area contributed by atoms with Crippen LogP contribution in [0, 0.1) is 5.92 Å². The summed E-state index contributed by atoms with van der Waals surface area (Å²) in [6.45, 7) is 5.19. The highest BCUT2D eigenvalue weighted by atomic mass is 35.5. The summed E-state index contributed by atoms with van der Waals surface area (Å²) in [4.78, 5) is 14.7. The lowest BCUT2D eigenvalue weighted by Gasteiger charge is -2.33. The molecule has 4 heteroatoms. The van der Waals surface area contributed by atoms with Gasteiger partial charge in [0.1, 0.15) is 0 Å². The molecule has 0 aromatic carbocycles. The average molecular weight is 275 g/mol. The van der Waals surface area contributed by atoms with Crippen molar-refractivity contribution in [3.8, 4) is 0 Å². The highest BCUT2D eigenvalue weighted by molar-refractivity contribution is 5.85. The van der Waals surface area contributed by atoms with Crippen LogP contribution in [-0.2, 0) is 4.79 Å². The van der Waals surface area contributed by atoms with E-state index in [9.17, 15) is 4.79 Å². The molecule has 1 saturated heterocycles. The number of hydrogen-bond acceptors (Lipinski definition) is 2. The molecule has 1 aliphatic heterocycles. The minimum absolute atomic E-state index is 0. The van der Waals surface area contributed by atoms with Crippen molar-refractivity contribution < 1.29 is 4.79 Å². The van der Waals surface area contributed by atoms with Gasteiger partial charge < -0.3 is 10.2 Å². The van der Waals surface area contributed by atoms with Gasteiger partial charge in [-0.3, -0.25) is 4.79 Å². The van der Waals surface area contributed by atoms with Gasteiger partial charge in [0.15, 0.2) is 0 Å². The van der Waals surface area contributed by atoms with Gasteiger partial charge in [0.2, 0.25) is 5.91 Å². The first-order valence-corrected chi connectivity index (χ1v) is 7.34. The molecule has 1 amide bonds. The van der Waals surface area contributed by atoms with E-state index < -0.39 is 0 Å². The first-order chi connectivity index (χ1) is 8.33. The number of carbonyl (C=O) groups excluding carboxylic acids is 1. The van der Waals surface area contributed by atoms with Crippen LogP contribution in [0.25, 0.3) is 0 Å². The van der Waals surface area contributed by atoms with Gasteiger partial charge in [0.25, 0.3) is 0 Å². The fraction of sp³-hybridized carbons (Fsp3) is 0.929. The first kappa shape index (κ1) is 15.8. The summed E-state index contributed by atoms with van der Waals surface area (Å²) >= 11 is 0. The molecule has 106 valence electrons. The highest BCUT2D eigenvalue weighted by Crippen LogP contribution is 2.26. The van der Waals surface area contributed by atoms with Crippen LogP contribution >= 0.6 is 12.4 Å². The van der Waals surface area contributed by atoms with Crippen molar-refractivity contribution in [2.45, 2.75) is 57.9 Å². The van der Waals surface area contributed by atoms with Crippen LogP contribution in [0.4, 0.5) is 0 Å². The number of rotatable bonds is 4. The second-order valence-electron chi connectivity index (χ2n) is 5.51. The summed E-state index contributed by atoms with van der Waals surface area (Å²) in [6.07, 6.45) is 8.28. The Morgan fingerprint density at radius 2 is 1.94 bits per heavy atom. The zero-order valence-electron chi connectivity index (χ0n) is 11.5. The van der Waals surface area contributed by atoms with E-state index in [-0.39, 0.29) is 12.4 Å². The van der Waals surface area contributed by atoms with Crippen LogP contribution in [0.15, 0.2) is 0 Å². The van der Waals surface area contributed by atoms with E-state index >= 15 is 0 Å². The Hall–Kier alpha value is -0.280. The predicted molar refractivity (Wildman–Crippen MR) is 77.1 cm³/mol. The maximum atomic E-state index is 12.6. The number of nitrogens with zero attached hydrogens (tertiary/aromatic N) is 1. The van der Waals surface area contributed by atoms with Crippen molar-refractivity contribution >= 4 is 18.3 Å². The first-order valence-electron chi connectivity index (χ1n) is 7.34.